The smallest absolute Gasteiger partial charge is 0.353 e. The Balaban J connectivity index is 2.11. The zero-order chi connectivity index (χ0) is 17.9. The van der Waals surface area contributed by atoms with E-state index in [1.807, 2.05) is 43.0 Å². The van der Waals surface area contributed by atoms with Crippen LogP contribution in [0, 0.1) is 5.82 Å². The summed E-state index contributed by atoms with van der Waals surface area (Å²) in [6, 6.07) is 14.2. The Labute approximate surface area is 148 Å². The van der Waals surface area contributed by atoms with Gasteiger partial charge in [0.1, 0.15) is 5.82 Å². The van der Waals surface area contributed by atoms with Crippen molar-refractivity contribution in [2.24, 2.45) is 0 Å². The highest BCUT2D eigenvalue weighted by molar-refractivity contribution is 7.54. The molecule has 1 heterocycles. The van der Waals surface area contributed by atoms with E-state index < -0.39 is 13.4 Å². The molecule has 4 nitrogen and oxygen atoms in total. The molecule has 0 aromatic heterocycles. The summed E-state index contributed by atoms with van der Waals surface area (Å²) in [6.45, 7) is 4.88. The van der Waals surface area contributed by atoms with Gasteiger partial charge < -0.3 is 13.9 Å². The molecule has 1 atom stereocenters. The highest BCUT2D eigenvalue weighted by Crippen LogP contribution is 2.64. The van der Waals surface area contributed by atoms with Crippen LogP contribution < -0.4 is 4.90 Å². The average Bonchev–Trinajstić information content (AvgIpc) is 2.62. The lowest BCUT2D eigenvalue weighted by molar-refractivity contribution is 0.210. The van der Waals surface area contributed by atoms with Gasteiger partial charge >= 0.3 is 7.60 Å². The van der Waals surface area contributed by atoms with E-state index in [2.05, 4.69) is 0 Å². The molecule has 25 heavy (non-hydrogen) atoms. The van der Waals surface area contributed by atoms with Crippen LogP contribution in [-0.2, 0) is 20.0 Å². The Kier molecular flexibility index (Phi) is 5.57. The zero-order valence-electron chi connectivity index (χ0n) is 14.5. The van der Waals surface area contributed by atoms with Crippen LogP contribution in [0.3, 0.4) is 0 Å². The van der Waals surface area contributed by atoms with Crippen LogP contribution in [0.25, 0.3) is 0 Å². The van der Waals surface area contributed by atoms with Crippen LogP contribution in [0.5, 0.6) is 0 Å². The number of benzene rings is 2. The molecular weight excluding hydrogens is 340 g/mol. The molecule has 3 rings (SSSR count). The average molecular weight is 363 g/mol. The molecule has 0 saturated carbocycles. The molecule has 0 bridgehead atoms. The number of nitrogens with zero attached hydrogens (tertiary/aromatic N) is 1. The van der Waals surface area contributed by atoms with E-state index in [0.29, 0.717) is 19.8 Å². The monoisotopic (exact) mass is 363 g/mol. The molecule has 0 unspecified atom stereocenters. The lowest BCUT2D eigenvalue weighted by Gasteiger charge is -2.41. The van der Waals surface area contributed by atoms with E-state index in [9.17, 15) is 8.96 Å². The summed E-state index contributed by atoms with van der Waals surface area (Å²) in [5.74, 6) is -0.835. The third-order valence-corrected chi connectivity index (χ3v) is 6.72. The summed E-state index contributed by atoms with van der Waals surface area (Å²) >= 11 is 0. The first-order chi connectivity index (χ1) is 12.1. The molecular formula is C19H23FNO3P. The van der Waals surface area contributed by atoms with Crippen molar-refractivity contribution in [2.75, 3.05) is 24.7 Å². The van der Waals surface area contributed by atoms with Crippen LogP contribution in [0.2, 0.25) is 0 Å². The lowest BCUT2D eigenvalue weighted by atomic mass is 9.99. The maximum absolute atomic E-state index is 13.6. The minimum atomic E-state index is -3.43. The minimum absolute atomic E-state index is 0.296. The van der Waals surface area contributed by atoms with Crippen LogP contribution in [-0.4, -0.2) is 19.8 Å². The van der Waals surface area contributed by atoms with E-state index in [0.717, 1.165) is 23.2 Å². The molecule has 134 valence electrons. The molecule has 0 amide bonds. The summed E-state index contributed by atoms with van der Waals surface area (Å²) < 4.78 is 38.3. The lowest BCUT2D eigenvalue weighted by Crippen LogP contribution is -2.36. The molecule has 0 saturated heterocycles. The predicted octanol–water partition coefficient (Wildman–Crippen LogP) is 5.15. The van der Waals surface area contributed by atoms with Gasteiger partial charge in [0.25, 0.3) is 0 Å². The van der Waals surface area contributed by atoms with Gasteiger partial charge in [0.15, 0.2) is 5.78 Å². The third-order valence-electron chi connectivity index (χ3n) is 4.33. The fraction of sp³-hybridized carbons (Fsp3) is 0.368. The SMILES string of the molecule is CCOP(=O)(OCC)[C@H]1c2ccccc2CCN1c1ccc(F)cc1. The summed E-state index contributed by atoms with van der Waals surface area (Å²) in [7, 11) is -3.43. The fourth-order valence-corrected chi connectivity index (χ4v) is 5.59. The Morgan fingerprint density at radius 3 is 2.36 bits per heavy atom. The molecule has 2 aromatic carbocycles. The van der Waals surface area contributed by atoms with Gasteiger partial charge in [0.05, 0.1) is 13.2 Å². The molecule has 1 aliphatic heterocycles. The van der Waals surface area contributed by atoms with Crippen molar-refractivity contribution in [1.82, 2.24) is 0 Å². The summed E-state index contributed by atoms with van der Waals surface area (Å²) in [5.41, 5.74) is 2.90. The van der Waals surface area contributed by atoms with Gasteiger partial charge in [-0.3, -0.25) is 4.57 Å². The topological polar surface area (TPSA) is 38.8 Å². The van der Waals surface area contributed by atoms with Crippen molar-refractivity contribution in [3.63, 3.8) is 0 Å². The van der Waals surface area contributed by atoms with E-state index in [-0.39, 0.29) is 5.82 Å². The van der Waals surface area contributed by atoms with Gasteiger partial charge in [0, 0.05) is 12.2 Å². The number of fused-ring (bicyclic) bond motifs is 1. The highest BCUT2D eigenvalue weighted by atomic mass is 31.2. The second-order valence-corrected chi connectivity index (χ2v) is 7.95. The molecule has 0 N–H and O–H groups in total. The van der Waals surface area contributed by atoms with Gasteiger partial charge in [-0.15, -0.1) is 0 Å². The van der Waals surface area contributed by atoms with Crippen LogP contribution in [0.15, 0.2) is 48.5 Å². The number of rotatable bonds is 6. The van der Waals surface area contributed by atoms with E-state index >= 15 is 0 Å². The summed E-state index contributed by atoms with van der Waals surface area (Å²) in [5, 5.41) is 0. The number of halogens is 1. The Morgan fingerprint density at radius 1 is 1.08 bits per heavy atom. The molecule has 0 radical (unpaired) electrons. The van der Waals surface area contributed by atoms with Crippen LogP contribution >= 0.6 is 7.60 Å². The highest BCUT2D eigenvalue weighted by Gasteiger charge is 2.44. The van der Waals surface area contributed by atoms with Crippen molar-refractivity contribution in [3.05, 3.63) is 65.5 Å². The zero-order valence-corrected chi connectivity index (χ0v) is 15.4. The quantitative estimate of drug-likeness (QED) is 0.665. The number of anilines is 1. The van der Waals surface area contributed by atoms with E-state index in [1.165, 1.54) is 12.1 Å². The molecule has 1 aliphatic rings. The molecule has 2 aromatic rings. The normalized spacial score (nSPS) is 17.4. The first-order valence-electron chi connectivity index (χ1n) is 8.58. The standard InChI is InChI=1S/C19H23FNO3P/c1-3-23-25(22,24-4-2)19-18-8-6-5-7-15(18)13-14-21(19)17-11-9-16(20)10-12-17/h5-12,19H,3-4,13-14H2,1-2H3/t19-/m0/s1. The van der Waals surface area contributed by atoms with Gasteiger partial charge in [-0.05, 0) is 55.7 Å². The number of hydrogen-bond donors (Lipinski definition) is 0. The van der Waals surface area contributed by atoms with Crippen LogP contribution in [0.4, 0.5) is 10.1 Å². The molecule has 0 fully saturated rings. The van der Waals surface area contributed by atoms with E-state index in [4.69, 9.17) is 9.05 Å². The largest absolute Gasteiger partial charge is 0.357 e. The van der Waals surface area contributed by atoms with Gasteiger partial charge in [0.2, 0.25) is 0 Å². The maximum atomic E-state index is 13.6. The van der Waals surface area contributed by atoms with Crippen molar-refractivity contribution in [2.45, 2.75) is 26.1 Å². The Hall–Kier alpha value is -1.68. The first kappa shape index (κ1) is 18.1. The molecule has 0 aliphatic carbocycles. The third kappa shape index (κ3) is 3.64. The van der Waals surface area contributed by atoms with Crippen LogP contribution in [0.1, 0.15) is 30.8 Å². The van der Waals surface area contributed by atoms with Crippen molar-refractivity contribution >= 4 is 13.3 Å². The van der Waals surface area contributed by atoms with E-state index in [1.54, 1.807) is 12.1 Å². The maximum Gasteiger partial charge on any atom is 0.357 e. The fourth-order valence-electron chi connectivity index (χ4n) is 3.33. The van der Waals surface area contributed by atoms with Gasteiger partial charge in [-0.1, -0.05) is 24.3 Å². The van der Waals surface area contributed by atoms with Gasteiger partial charge in [-0.2, -0.15) is 0 Å². The number of hydrogen-bond acceptors (Lipinski definition) is 4. The second-order valence-electron chi connectivity index (χ2n) is 5.87. The Morgan fingerprint density at radius 2 is 1.72 bits per heavy atom. The van der Waals surface area contributed by atoms with Crippen molar-refractivity contribution in [3.8, 4) is 0 Å². The minimum Gasteiger partial charge on any atom is -0.353 e. The van der Waals surface area contributed by atoms with Crippen molar-refractivity contribution < 1.29 is 18.0 Å². The first-order valence-corrected chi connectivity index (χ1v) is 10.2. The summed E-state index contributed by atoms with van der Waals surface area (Å²) in [4.78, 5) is 2.01. The Bertz CT molecular complexity index is 756. The predicted molar refractivity (Wildman–Crippen MR) is 97.5 cm³/mol. The molecule has 6 heteroatoms. The van der Waals surface area contributed by atoms with Crippen molar-refractivity contribution in [1.29, 1.82) is 0 Å². The van der Waals surface area contributed by atoms with Gasteiger partial charge in [-0.25, -0.2) is 4.39 Å². The molecule has 0 spiro atoms. The second kappa shape index (κ2) is 7.69. The summed E-state index contributed by atoms with van der Waals surface area (Å²) in [6.07, 6.45) is 0.822.